The second kappa shape index (κ2) is 7.28. The number of carbonyl (C=O) groups excluding carboxylic acids is 1. The minimum absolute atomic E-state index is 0.0164. The van der Waals surface area contributed by atoms with E-state index in [1.807, 2.05) is 40.2 Å². The zero-order valence-electron chi connectivity index (χ0n) is 12.7. The van der Waals surface area contributed by atoms with E-state index in [1.165, 1.54) is 0 Å². The molecule has 0 saturated carbocycles. The Bertz CT molecular complexity index is 424. The second-order valence-corrected chi connectivity index (χ2v) is 5.99. The van der Waals surface area contributed by atoms with E-state index in [-0.39, 0.29) is 12.5 Å². The maximum Gasteiger partial charge on any atom is 0.407 e. The van der Waals surface area contributed by atoms with E-state index in [0.29, 0.717) is 6.54 Å². The molecule has 2 N–H and O–H groups in total. The number of nitrogens with zero attached hydrogens (tertiary/aromatic N) is 2. The van der Waals surface area contributed by atoms with Crippen molar-refractivity contribution in [1.82, 2.24) is 15.1 Å². The van der Waals surface area contributed by atoms with Crippen molar-refractivity contribution < 1.29 is 14.6 Å². The molecule has 0 aliphatic rings. The maximum atomic E-state index is 11.5. The molecule has 0 spiro atoms. The number of aliphatic hydroxyl groups is 1. The number of carbonyl (C=O) groups is 1. The Hall–Kier alpha value is -1.56. The fourth-order valence-corrected chi connectivity index (χ4v) is 1.77. The molecular weight excluding hydrogens is 258 g/mol. The number of aryl methyl sites for hydroxylation is 2. The molecule has 1 heterocycles. The fourth-order valence-electron chi connectivity index (χ4n) is 1.77. The third-order valence-corrected chi connectivity index (χ3v) is 2.79. The minimum atomic E-state index is -0.505. The number of ether oxygens (including phenoxy) is 1. The number of hydrogen-bond donors (Lipinski definition) is 2. The van der Waals surface area contributed by atoms with E-state index < -0.39 is 11.7 Å². The summed E-state index contributed by atoms with van der Waals surface area (Å²) in [6.45, 7) is 5.90. The number of hydrogen-bond acceptors (Lipinski definition) is 4. The molecular formula is C14H25N3O3. The summed E-state index contributed by atoms with van der Waals surface area (Å²) in [6.07, 6.45) is 4.94. The van der Waals surface area contributed by atoms with Crippen LogP contribution < -0.4 is 5.32 Å². The van der Waals surface area contributed by atoms with Crippen LogP contribution in [0.4, 0.5) is 4.79 Å². The lowest BCUT2D eigenvalue weighted by atomic mass is 10.0. The molecule has 0 fully saturated rings. The summed E-state index contributed by atoms with van der Waals surface area (Å²) < 4.78 is 6.91. The van der Waals surface area contributed by atoms with Gasteiger partial charge in [-0.3, -0.25) is 4.68 Å². The highest BCUT2D eigenvalue weighted by atomic mass is 16.6. The predicted octanol–water partition coefficient (Wildman–Crippen LogP) is 1.49. The van der Waals surface area contributed by atoms with Crippen molar-refractivity contribution in [3.05, 3.63) is 18.0 Å². The van der Waals surface area contributed by atoms with E-state index in [2.05, 4.69) is 10.4 Å². The number of aliphatic hydroxyl groups excluding tert-OH is 1. The van der Waals surface area contributed by atoms with Gasteiger partial charge in [-0.05, 0) is 45.1 Å². The van der Waals surface area contributed by atoms with Gasteiger partial charge in [0.25, 0.3) is 0 Å². The minimum Gasteiger partial charge on any atom is -0.444 e. The van der Waals surface area contributed by atoms with Crippen LogP contribution in [0.15, 0.2) is 12.4 Å². The molecule has 0 aromatic carbocycles. The first kappa shape index (κ1) is 16.5. The van der Waals surface area contributed by atoms with Crippen molar-refractivity contribution in [3.63, 3.8) is 0 Å². The first-order valence-corrected chi connectivity index (χ1v) is 6.85. The highest BCUT2D eigenvalue weighted by Gasteiger charge is 2.17. The Morgan fingerprint density at radius 3 is 2.75 bits per heavy atom. The summed E-state index contributed by atoms with van der Waals surface area (Å²) in [4.78, 5) is 11.5. The van der Waals surface area contributed by atoms with Gasteiger partial charge in [0, 0.05) is 26.4 Å². The molecule has 1 rings (SSSR count). The molecule has 1 atom stereocenters. The molecule has 20 heavy (non-hydrogen) atoms. The summed E-state index contributed by atoms with van der Waals surface area (Å²) in [5, 5.41) is 16.1. The summed E-state index contributed by atoms with van der Waals surface area (Å²) in [7, 11) is 1.87. The van der Waals surface area contributed by atoms with Crippen LogP contribution in [0.25, 0.3) is 0 Å². The lowest BCUT2D eigenvalue weighted by Crippen LogP contribution is -2.36. The normalized spacial score (nSPS) is 13.1. The average Bonchev–Trinajstić information content (AvgIpc) is 2.73. The van der Waals surface area contributed by atoms with Crippen molar-refractivity contribution in [2.45, 2.75) is 39.2 Å². The lowest BCUT2D eigenvalue weighted by Gasteiger charge is -2.21. The number of rotatable bonds is 6. The molecule has 114 valence electrons. The van der Waals surface area contributed by atoms with Gasteiger partial charge < -0.3 is 15.2 Å². The van der Waals surface area contributed by atoms with Crippen molar-refractivity contribution in [1.29, 1.82) is 0 Å². The average molecular weight is 283 g/mol. The summed E-state index contributed by atoms with van der Waals surface area (Å²) in [5.41, 5.74) is 0.623. The SMILES string of the molecule is Cn1cc(CCC(CO)CNC(=O)OC(C)(C)C)cn1. The third kappa shape index (κ3) is 6.56. The van der Waals surface area contributed by atoms with E-state index >= 15 is 0 Å². The molecule has 6 nitrogen and oxygen atoms in total. The molecule has 0 bridgehead atoms. The van der Waals surface area contributed by atoms with Crippen LogP contribution in [0.3, 0.4) is 0 Å². The Balaban J connectivity index is 2.30. The molecule has 0 radical (unpaired) electrons. The number of amides is 1. The van der Waals surface area contributed by atoms with E-state index in [9.17, 15) is 9.90 Å². The van der Waals surface area contributed by atoms with Gasteiger partial charge in [0.05, 0.1) is 6.20 Å². The van der Waals surface area contributed by atoms with Gasteiger partial charge >= 0.3 is 6.09 Å². The van der Waals surface area contributed by atoms with Crippen LogP contribution in [0.5, 0.6) is 0 Å². The monoisotopic (exact) mass is 283 g/mol. The van der Waals surface area contributed by atoms with Gasteiger partial charge in [-0.25, -0.2) is 4.79 Å². The standard InChI is InChI=1S/C14H25N3O3/c1-14(2,3)20-13(19)15-7-12(10-18)6-5-11-8-16-17(4)9-11/h8-9,12,18H,5-7,10H2,1-4H3,(H,15,19). The molecule has 1 amide bonds. The largest absolute Gasteiger partial charge is 0.444 e. The predicted molar refractivity (Wildman–Crippen MR) is 76.3 cm³/mol. The van der Waals surface area contributed by atoms with Crippen molar-refractivity contribution in [2.24, 2.45) is 13.0 Å². The van der Waals surface area contributed by atoms with Gasteiger partial charge in [-0.2, -0.15) is 5.10 Å². The van der Waals surface area contributed by atoms with Crippen molar-refractivity contribution in [3.8, 4) is 0 Å². The van der Waals surface area contributed by atoms with Gasteiger partial charge in [0.1, 0.15) is 5.60 Å². The Kier molecular flexibility index (Phi) is 6.01. The van der Waals surface area contributed by atoms with Crippen LogP contribution in [-0.2, 0) is 18.2 Å². The maximum absolute atomic E-state index is 11.5. The first-order valence-electron chi connectivity index (χ1n) is 6.85. The molecule has 1 aromatic heterocycles. The lowest BCUT2D eigenvalue weighted by molar-refractivity contribution is 0.0511. The topological polar surface area (TPSA) is 76.4 Å². The third-order valence-electron chi connectivity index (χ3n) is 2.79. The highest BCUT2D eigenvalue weighted by Crippen LogP contribution is 2.10. The number of alkyl carbamates (subject to hydrolysis) is 1. The van der Waals surface area contributed by atoms with Crippen LogP contribution in [0.2, 0.25) is 0 Å². The number of aromatic nitrogens is 2. The first-order chi connectivity index (χ1) is 9.30. The molecule has 0 aliphatic heterocycles. The quantitative estimate of drug-likeness (QED) is 0.829. The summed E-state index contributed by atoms with van der Waals surface area (Å²) in [6, 6.07) is 0. The fraction of sp³-hybridized carbons (Fsp3) is 0.714. The van der Waals surface area contributed by atoms with Crippen molar-refractivity contribution >= 4 is 6.09 Å². The molecule has 1 aromatic rings. The second-order valence-electron chi connectivity index (χ2n) is 5.99. The van der Waals surface area contributed by atoms with Crippen LogP contribution >= 0.6 is 0 Å². The Labute approximate surface area is 120 Å². The van der Waals surface area contributed by atoms with Crippen LogP contribution in [-0.4, -0.2) is 39.7 Å². The van der Waals surface area contributed by atoms with Gasteiger partial charge in [0.2, 0.25) is 0 Å². The van der Waals surface area contributed by atoms with Gasteiger partial charge in [-0.1, -0.05) is 0 Å². The van der Waals surface area contributed by atoms with Crippen LogP contribution in [0.1, 0.15) is 32.8 Å². The van der Waals surface area contributed by atoms with Crippen LogP contribution in [0, 0.1) is 5.92 Å². The van der Waals surface area contributed by atoms with E-state index in [0.717, 1.165) is 18.4 Å². The summed E-state index contributed by atoms with van der Waals surface area (Å²) in [5.74, 6) is 0.0164. The highest BCUT2D eigenvalue weighted by molar-refractivity contribution is 5.67. The van der Waals surface area contributed by atoms with Gasteiger partial charge in [0.15, 0.2) is 0 Å². The Morgan fingerprint density at radius 1 is 1.55 bits per heavy atom. The molecule has 0 aliphatic carbocycles. The van der Waals surface area contributed by atoms with E-state index in [1.54, 1.807) is 4.68 Å². The summed E-state index contributed by atoms with van der Waals surface area (Å²) >= 11 is 0. The molecule has 0 saturated heterocycles. The molecule has 1 unspecified atom stereocenters. The number of nitrogens with one attached hydrogen (secondary N) is 1. The van der Waals surface area contributed by atoms with Crippen molar-refractivity contribution in [2.75, 3.05) is 13.2 Å². The zero-order chi connectivity index (χ0) is 15.2. The Morgan fingerprint density at radius 2 is 2.25 bits per heavy atom. The molecule has 6 heteroatoms. The zero-order valence-corrected chi connectivity index (χ0v) is 12.7. The smallest absolute Gasteiger partial charge is 0.407 e. The van der Waals surface area contributed by atoms with E-state index in [4.69, 9.17) is 4.74 Å². The van der Waals surface area contributed by atoms with Gasteiger partial charge in [-0.15, -0.1) is 0 Å².